The van der Waals surface area contributed by atoms with Crippen LogP contribution in [0.4, 0.5) is 0 Å². The molecule has 0 bridgehead atoms. The van der Waals surface area contributed by atoms with E-state index in [1.165, 1.54) is 4.90 Å². The molecule has 4 nitrogen and oxygen atoms in total. The van der Waals surface area contributed by atoms with Gasteiger partial charge in [0.15, 0.2) is 0 Å². The molecule has 1 atom stereocenters. The van der Waals surface area contributed by atoms with Crippen molar-refractivity contribution in [2.45, 2.75) is 58.9 Å². The number of carbonyl (C=O) groups excluding carboxylic acids is 2. The van der Waals surface area contributed by atoms with Gasteiger partial charge >= 0.3 is 0 Å². The minimum Gasteiger partial charge on any atom is -0.392 e. The van der Waals surface area contributed by atoms with Gasteiger partial charge in [0.1, 0.15) is 0 Å². The van der Waals surface area contributed by atoms with Crippen LogP contribution < -0.4 is 5.73 Å². The van der Waals surface area contributed by atoms with Crippen molar-refractivity contribution >= 4 is 29.0 Å². The number of carbonyl (C=O) groups is 2. The second kappa shape index (κ2) is 5.78. The number of nitrogens with zero attached hydrogens (tertiary/aromatic N) is 1. The largest absolute Gasteiger partial charge is 0.392 e. The minimum absolute atomic E-state index is 0.0937. The van der Waals surface area contributed by atoms with Crippen molar-refractivity contribution < 1.29 is 9.59 Å². The molecule has 1 aliphatic heterocycles. The standard InChI is InChI=1S/C13H22N2O2S/c1-4-7-9(11(14)18)15-10(16)8-13(5-2,6-3)12(15)17/h9H,4-8H2,1-3H3,(H2,14,18). The highest BCUT2D eigenvalue weighted by Crippen LogP contribution is 2.40. The van der Waals surface area contributed by atoms with Crippen LogP contribution in [0.3, 0.4) is 0 Å². The van der Waals surface area contributed by atoms with Crippen LogP contribution in [-0.2, 0) is 9.59 Å². The minimum atomic E-state index is -0.534. The highest BCUT2D eigenvalue weighted by atomic mass is 32.1. The molecule has 0 aromatic heterocycles. The SMILES string of the molecule is CCCC(C(N)=S)N1C(=O)CC(CC)(CC)C1=O. The van der Waals surface area contributed by atoms with Crippen molar-refractivity contribution in [3.63, 3.8) is 0 Å². The number of amides is 2. The third kappa shape index (κ3) is 2.41. The first-order valence-electron chi connectivity index (χ1n) is 6.59. The molecule has 1 heterocycles. The lowest BCUT2D eigenvalue weighted by molar-refractivity contribution is -0.143. The predicted octanol–water partition coefficient (Wildman–Crippen LogP) is 2.01. The van der Waals surface area contributed by atoms with Crippen molar-refractivity contribution in [2.24, 2.45) is 11.1 Å². The van der Waals surface area contributed by atoms with Crippen LogP contribution in [0.1, 0.15) is 52.9 Å². The number of rotatable bonds is 6. The van der Waals surface area contributed by atoms with Crippen LogP contribution in [-0.4, -0.2) is 27.7 Å². The van der Waals surface area contributed by atoms with Gasteiger partial charge in [-0.3, -0.25) is 14.5 Å². The molecule has 1 saturated heterocycles. The molecular weight excluding hydrogens is 248 g/mol. The monoisotopic (exact) mass is 270 g/mol. The Bertz CT molecular complexity index is 364. The molecule has 18 heavy (non-hydrogen) atoms. The summed E-state index contributed by atoms with van der Waals surface area (Å²) < 4.78 is 0. The molecule has 2 amide bonds. The van der Waals surface area contributed by atoms with E-state index >= 15 is 0 Å². The smallest absolute Gasteiger partial charge is 0.236 e. The molecule has 0 aromatic carbocycles. The molecule has 1 aliphatic rings. The number of nitrogens with two attached hydrogens (primary N) is 1. The summed E-state index contributed by atoms with van der Waals surface area (Å²) in [6.45, 7) is 5.89. The first-order chi connectivity index (χ1) is 8.43. The fraction of sp³-hybridized carbons (Fsp3) is 0.769. The first kappa shape index (κ1) is 15.1. The highest BCUT2D eigenvalue weighted by molar-refractivity contribution is 7.80. The van der Waals surface area contributed by atoms with Gasteiger partial charge in [0.2, 0.25) is 11.8 Å². The topological polar surface area (TPSA) is 63.4 Å². The Morgan fingerprint density at radius 3 is 2.28 bits per heavy atom. The lowest BCUT2D eigenvalue weighted by atomic mass is 9.81. The Kier molecular flexibility index (Phi) is 4.85. The maximum atomic E-state index is 12.5. The number of hydrogen-bond acceptors (Lipinski definition) is 3. The van der Waals surface area contributed by atoms with Gasteiger partial charge in [-0.1, -0.05) is 39.4 Å². The lowest BCUT2D eigenvalue weighted by Gasteiger charge is -2.28. The Hall–Kier alpha value is -0.970. The molecule has 5 heteroatoms. The Morgan fingerprint density at radius 2 is 1.94 bits per heavy atom. The van der Waals surface area contributed by atoms with Crippen molar-refractivity contribution in [3.8, 4) is 0 Å². The van der Waals surface area contributed by atoms with E-state index in [4.69, 9.17) is 18.0 Å². The van der Waals surface area contributed by atoms with E-state index in [1.807, 2.05) is 20.8 Å². The van der Waals surface area contributed by atoms with E-state index in [2.05, 4.69) is 0 Å². The van der Waals surface area contributed by atoms with E-state index in [9.17, 15) is 9.59 Å². The maximum absolute atomic E-state index is 12.5. The average Bonchev–Trinajstić information content (AvgIpc) is 2.58. The molecule has 0 aliphatic carbocycles. The molecule has 1 fully saturated rings. The van der Waals surface area contributed by atoms with Crippen LogP contribution in [0.5, 0.6) is 0 Å². The molecule has 102 valence electrons. The predicted molar refractivity (Wildman–Crippen MR) is 75.0 cm³/mol. The van der Waals surface area contributed by atoms with E-state index in [0.717, 1.165) is 6.42 Å². The van der Waals surface area contributed by atoms with Gasteiger partial charge < -0.3 is 5.73 Å². The highest BCUT2D eigenvalue weighted by Gasteiger charge is 2.51. The normalized spacial score (nSPS) is 20.3. The summed E-state index contributed by atoms with van der Waals surface area (Å²) in [4.78, 5) is 26.2. The quantitative estimate of drug-likeness (QED) is 0.592. The van der Waals surface area contributed by atoms with Crippen LogP contribution in [0.2, 0.25) is 0 Å². The van der Waals surface area contributed by atoms with Crippen LogP contribution in [0.15, 0.2) is 0 Å². The second-order valence-corrected chi connectivity index (χ2v) is 5.41. The Balaban J connectivity index is 3.06. The van der Waals surface area contributed by atoms with E-state index in [-0.39, 0.29) is 16.8 Å². The molecule has 1 unspecified atom stereocenters. The van der Waals surface area contributed by atoms with Crippen molar-refractivity contribution in [1.82, 2.24) is 4.90 Å². The zero-order chi connectivity index (χ0) is 13.9. The molecule has 1 rings (SSSR count). The van der Waals surface area contributed by atoms with E-state index in [1.54, 1.807) is 0 Å². The molecular formula is C13H22N2O2S. The lowest BCUT2D eigenvalue weighted by Crippen LogP contribution is -2.48. The van der Waals surface area contributed by atoms with Gasteiger partial charge in [-0.15, -0.1) is 0 Å². The summed E-state index contributed by atoms with van der Waals surface area (Å²) in [6.07, 6.45) is 3.14. The van der Waals surface area contributed by atoms with Crippen LogP contribution in [0, 0.1) is 5.41 Å². The second-order valence-electron chi connectivity index (χ2n) is 4.94. The zero-order valence-corrected chi connectivity index (χ0v) is 12.2. The molecule has 0 radical (unpaired) electrons. The van der Waals surface area contributed by atoms with Gasteiger partial charge in [-0.25, -0.2) is 0 Å². The maximum Gasteiger partial charge on any atom is 0.236 e. The Labute approximate surface area is 114 Å². The van der Waals surface area contributed by atoms with Crippen LogP contribution >= 0.6 is 12.2 Å². The van der Waals surface area contributed by atoms with Crippen LogP contribution in [0.25, 0.3) is 0 Å². The fourth-order valence-corrected chi connectivity index (χ4v) is 2.83. The number of thiocarbonyl (C=S) groups is 1. The third-order valence-corrected chi connectivity index (χ3v) is 4.26. The summed E-state index contributed by atoms with van der Waals surface area (Å²) in [5.41, 5.74) is 5.15. The van der Waals surface area contributed by atoms with Gasteiger partial charge in [-0.05, 0) is 19.3 Å². The fourth-order valence-electron chi connectivity index (χ4n) is 2.61. The first-order valence-corrected chi connectivity index (χ1v) is 7.00. The van der Waals surface area contributed by atoms with Crippen molar-refractivity contribution in [2.75, 3.05) is 0 Å². The summed E-state index contributed by atoms with van der Waals surface area (Å²) in [5.74, 6) is -0.223. The molecule has 0 aromatic rings. The van der Waals surface area contributed by atoms with Gasteiger partial charge in [0.25, 0.3) is 0 Å². The molecule has 2 N–H and O–H groups in total. The summed E-state index contributed by atoms with van der Waals surface area (Å²) >= 11 is 5.00. The van der Waals surface area contributed by atoms with Gasteiger partial charge in [-0.2, -0.15) is 0 Å². The van der Waals surface area contributed by atoms with E-state index < -0.39 is 11.5 Å². The summed E-state index contributed by atoms with van der Waals surface area (Å²) in [6, 6.07) is -0.412. The summed E-state index contributed by atoms with van der Waals surface area (Å²) in [5, 5.41) is 0. The zero-order valence-electron chi connectivity index (χ0n) is 11.4. The summed E-state index contributed by atoms with van der Waals surface area (Å²) in [7, 11) is 0. The van der Waals surface area contributed by atoms with Crippen molar-refractivity contribution in [3.05, 3.63) is 0 Å². The van der Waals surface area contributed by atoms with Gasteiger partial charge in [0, 0.05) is 6.42 Å². The number of hydrogen-bond donors (Lipinski definition) is 1. The molecule has 0 spiro atoms. The number of likely N-dealkylation sites (tertiary alicyclic amines) is 1. The Morgan fingerprint density at radius 1 is 1.39 bits per heavy atom. The van der Waals surface area contributed by atoms with E-state index in [0.29, 0.717) is 25.7 Å². The molecule has 0 saturated carbocycles. The number of imide groups is 1. The average molecular weight is 270 g/mol. The third-order valence-electron chi connectivity index (χ3n) is 3.99. The van der Waals surface area contributed by atoms with Crippen molar-refractivity contribution in [1.29, 1.82) is 0 Å². The van der Waals surface area contributed by atoms with Gasteiger partial charge in [0.05, 0.1) is 16.4 Å².